The van der Waals surface area contributed by atoms with Crippen LogP contribution in [0, 0.1) is 17.2 Å². The van der Waals surface area contributed by atoms with E-state index in [0.717, 1.165) is 5.56 Å². The van der Waals surface area contributed by atoms with E-state index in [9.17, 15) is 14.9 Å². The molecular formula is C18H17N5O2. The molecule has 2 heterocycles. The SMILES string of the molecule is N#CC(C(=O)Nc1ccccn1)C(=O)C1CC(c2ccccc2)NN1. The zero-order valence-electron chi connectivity index (χ0n) is 13.3. The second kappa shape index (κ2) is 7.66. The minimum atomic E-state index is -1.39. The number of carbonyl (C=O) groups excluding carboxylic acids is 2. The summed E-state index contributed by atoms with van der Waals surface area (Å²) in [6.45, 7) is 0. The highest BCUT2D eigenvalue weighted by molar-refractivity contribution is 6.10. The van der Waals surface area contributed by atoms with Gasteiger partial charge in [0.15, 0.2) is 11.7 Å². The summed E-state index contributed by atoms with van der Waals surface area (Å²) in [5.74, 6) is -2.21. The number of nitrogens with zero attached hydrogens (tertiary/aromatic N) is 2. The maximum absolute atomic E-state index is 12.6. The highest BCUT2D eigenvalue weighted by Crippen LogP contribution is 2.23. The van der Waals surface area contributed by atoms with Crippen LogP contribution in [-0.4, -0.2) is 22.7 Å². The smallest absolute Gasteiger partial charge is 0.250 e. The number of anilines is 1. The first-order valence-corrected chi connectivity index (χ1v) is 7.90. The molecule has 1 aromatic heterocycles. The number of aromatic nitrogens is 1. The van der Waals surface area contributed by atoms with Gasteiger partial charge in [0, 0.05) is 12.2 Å². The zero-order valence-corrected chi connectivity index (χ0v) is 13.3. The van der Waals surface area contributed by atoms with E-state index in [1.807, 2.05) is 30.3 Å². The Balaban J connectivity index is 1.65. The minimum absolute atomic E-state index is 0.0478. The second-order valence-corrected chi connectivity index (χ2v) is 5.71. The summed E-state index contributed by atoms with van der Waals surface area (Å²) in [4.78, 5) is 28.8. The number of carbonyl (C=O) groups is 2. The lowest BCUT2D eigenvalue weighted by Crippen LogP contribution is -2.42. The molecule has 3 rings (SSSR count). The maximum Gasteiger partial charge on any atom is 0.250 e. The summed E-state index contributed by atoms with van der Waals surface area (Å²) in [6.07, 6.45) is 1.99. The topological polar surface area (TPSA) is 107 Å². The summed E-state index contributed by atoms with van der Waals surface area (Å²) < 4.78 is 0. The van der Waals surface area contributed by atoms with Crippen molar-refractivity contribution in [3.8, 4) is 6.07 Å². The van der Waals surface area contributed by atoms with E-state index in [1.54, 1.807) is 24.3 Å². The Morgan fingerprint density at radius 1 is 1.16 bits per heavy atom. The van der Waals surface area contributed by atoms with E-state index in [2.05, 4.69) is 21.2 Å². The van der Waals surface area contributed by atoms with Crippen LogP contribution in [0.5, 0.6) is 0 Å². The van der Waals surface area contributed by atoms with E-state index in [4.69, 9.17) is 0 Å². The van der Waals surface area contributed by atoms with Crippen LogP contribution in [0.25, 0.3) is 0 Å². The Bertz CT molecular complexity index is 788. The second-order valence-electron chi connectivity index (χ2n) is 5.71. The summed E-state index contributed by atoms with van der Waals surface area (Å²) >= 11 is 0. The molecule has 25 heavy (non-hydrogen) atoms. The quantitative estimate of drug-likeness (QED) is 0.712. The normalized spacial score (nSPS) is 20.4. The van der Waals surface area contributed by atoms with Gasteiger partial charge in [0.2, 0.25) is 0 Å². The number of nitrogens with one attached hydrogen (secondary N) is 3. The van der Waals surface area contributed by atoms with E-state index < -0.39 is 23.7 Å². The maximum atomic E-state index is 12.6. The monoisotopic (exact) mass is 335 g/mol. The molecule has 7 heteroatoms. The first-order valence-electron chi connectivity index (χ1n) is 7.90. The zero-order chi connectivity index (χ0) is 17.6. The molecule has 0 radical (unpaired) electrons. The van der Waals surface area contributed by atoms with Crippen molar-refractivity contribution in [3.63, 3.8) is 0 Å². The van der Waals surface area contributed by atoms with Crippen LogP contribution in [-0.2, 0) is 9.59 Å². The lowest BCUT2D eigenvalue weighted by Gasteiger charge is -2.13. The molecular weight excluding hydrogens is 318 g/mol. The van der Waals surface area contributed by atoms with Gasteiger partial charge in [0.25, 0.3) is 5.91 Å². The fraction of sp³-hybridized carbons (Fsp3) is 0.222. The third kappa shape index (κ3) is 3.88. The Labute approximate surface area is 145 Å². The number of ketones is 1. The highest BCUT2D eigenvalue weighted by Gasteiger charge is 2.37. The van der Waals surface area contributed by atoms with E-state index >= 15 is 0 Å². The predicted molar refractivity (Wildman–Crippen MR) is 90.8 cm³/mol. The lowest BCUT2D eigenvalue weighted by molar-refractivity contribution is -0.130. The van der Waals surface area contributed by atoms with Gasteiger partial charge in [-0.1, -0.05) is 36.4 Å². The van der Waals surface area contributed by atoms with Crippen LogP contribution >= 0.6 is 0 Å². The van der Waals surface area contributed by atoms with Gasteiger partial charge >= 0.3 is 0 Å². The van der Waals surface area contributed by atoms with Gasteiger partial charge < -0.3 is 5.32 Å². The molecule has 3 atom stereocenters. The van der Waals surface area contributed by atoms with Gasteiger partial charge in [-0.05, 0) is 24.1 Å². The molecule has 3 N–H and O–H groups in total. The van der Waals surface area contributed by atoms with Crippen LogP contribution in [0.1, 0.15) is 18.0 Å². The molecule has 0 aliphatic carbocycles. The Kier molecular flexibility index (Phi) is 5.14. The number of benzene rings is 1. The van der Waals surface area contributed by atoms with Crippen molar-refractivity contribution in [1.82, 2.24) is 15.8 Å². The molecule has 7 nitrogen and oxygen atoms in total. The first-order chi connectivity index (χ1) is 12.2. The van der Waals surface area contributed by atoms with Crippen molar-refractivity contribution < 1.29 is 9.59 Å². The molecule has 1 fully saturated rings. The van der Waals surface area contributed by atoms with Gasteiger partial charge in [-0.2, -0.15) is 5.26 Å². The van der Waals surface area contributed by atoms with Crippen molar-refractivity contribution in [3.05, 3.63) is 60.3 Å². The molecule has 126 valence electrons. The standard InChI is InChI=1S/C18H17N5O2/c19-11-13(18(25)21-16-8-4-5-9-20-16)17(24)15-10-14(22-23-15)12-6-2-1-3-7-12/h1-9,13-15,22-23H,10H2,(H,20,21,25). The molecule has 1 aliphatic heterocycles. The lowest BCUT2D eigenvalue weighted by atomic mass is 9.93. The highest BCUT2D eigenvalue weighted by atomic mass is 16.2. The van der Waals surface area contributed by atoms with Crippen LogP contribution in [0.4, 0.5) is 5.82 Å². The van der Waals surface area contributed by atoms with Gasteiger partial charge in [0.05, 0.1) is 12.1 Å². The molecule has 0 saturated carbocycles. The number of Topliss-reactive ketones (excluding diaryl/α,β-unsaturated/α-hetero) is 1. The number of pyridine rings is 1. The van der Waals surface area contributed by atoms with Crippen molar-refractivity contribution in [2.75, 3.05) is 5.32 Å². The third-order valence-electron chi connectivity index (χ3n) is 4.04. The average Bonchev–Trinajstić information content (AvgIpc) is 3.14. The van der Waals surface area contributed by atoms with Crippen molar-refractivity contribution in [2.24, 2.45) is 5.92 Å². The van der Waals surface area contributed by atoms with Crippen LogP contribution in [0.3, 0.4) is 0 Å². The third-order valence-corrected chi connectivity index (χ3v) is 4.04. The van der Waals surface area contributed by atoms with Gasteiger partial charge in [0.1, 0.15) is 5.82 Å². The number of rotatable bonds is 5. The summed E-state index contributed by atoms with van der Waals surface area (Å²) in [7, 11) is 0. The fourth-order valence-electron chi connectivity index (χ4n) is 2.73. The number of hydrogen-bond donors (Lipinski definition) is 3. The number of hydrogen-bond acceptors (Lipinski definition) is 6. The van der Waals surface area contributed by atoms with E-state index in [0.29, 0.717) is 12.2 Å². The van der Waals surface area contributed by atoms with Crippen molar-refractivity contribution in [1.29, 1.82) is 5.26 Å². The average molecular weight is 335 g/mol. The summed E-state index contributed by atoms with van der Waals surface area (Å²) in [5, 5.41) is 11.8. The molecule has 1 aromatic carbocycles. The number of amides is 1. The Morgan fingerprint density at radius 2 is 1.92 bits per heavy atom. The van der Waals surface area contributed by atoms with Gasteiger partial charge in [-0.3, -0.25) is 9.59 Å². The predicted octanol–water partition coefficient (Wildman–Crippen LogP) is 1.34. The van der Waals surface area contributed by atoms with Crippen molar-refractivity contribution in [2.45, 2.75) is 18.5 Å². The van der Waals surface area contributed by atoms with Gasteiger partial charge in [-0.15, -0.1) is 0 Å². The Morgan fingerprint density at radius 3 is 2.60 bits per heavy atom. The first kappa shape index (κ1) is 16.8. The van der Waals surface area contributed by atoms with Gasteiger partial charge in [-0.25, -0.2) is 15.8 Å². The number of hydrazine groups is 1. The van der Waals surface area contributed by atoms with Crippen LogP contribution in [0.15, 0.2) is 54.7 Å². The Hall–Kier alpha value is -3.08. The fourth-order valence-corrected chi connectivity index (χ4v) is 2.73. The molecule has 2 aromatic rings. The van der Waals surface area contributed by atoms with E-state index in [-0.39, 0.29) is 6.04 Å². The summed E-state index contributed by atoms with van der Waals surface area (Å²) in [5.41, 5.74) is 6.98. The molecule has 3 unspecified atom stereocenters. The molecule has 1 aliphatic rings. The molecule has 1 amide bonds. The van der Waals surface area contributed by atoms with Crippen molar-refractivity contribution >= 4 is 17.5 Å². The van der Waals surface area contributed by atoms with Crippen LogP contribution < -0.4 is 16.2 Å². The van der Waals surface area contributed by atoms with E-state index in [1.165, 1.54) is 6.20 Å². The minimum Gasteiger partial charge on any atom is -0.309 e. The molecule has 0 spiro atoms. The molecule has 1 saturated heterocycles. The summed E-state index contributed by atoms with van der Waals surface area (Å²) in [6, 6.07) is 15.8. The molecule has 0 bridgehead atoms. The van der Waals surface area contributed by atoms with Crippen LogP contribution in [0.2, 0.25) is 0 Å². The number of nitriles is 1. The largest absolute Gasteiger partial charge is 0.309 e.